The summed E-state index contributed by atoms with van der Waals surface area (Å²) < 4.78 is 0. The minimum Gasteiger partial charge on any atom is -0.354 e. The van der Waals surface area contributed by atoms with Crippen LogP contribution in [0.15, 0.2) is 191 Å². The maximum Gasteiger partial charge on any atom is 0.0737 e. The Hall–Kier alpha value is -5.94. The van der Waals surface area contributed by atoms with E-state index in [4.69, 9.17) is 56.4 Å². The average Bonchev–Trinajstić information content (AvgIpc) is 4.03. The summed E-state index contributed by atoms with van der Waals surface area (Å²) in [7, 11) is 0. The highest BCUT2D eigenvalue weighted by Crippen LogP contribution is 2.46. The number of allylic oxidation sites excluding steroid dienone is 4. The number of nitrogens with zero attached hydrogens (tertiary/aromatic N) is 2. The number of aliphatic imine (C=N–C) groups is 2. The quantitative estimate of drug-likeness (QED) is 0.184. The predicted octanol–water partition coefficient (Wildman–Crippen LogP) is 12.4. The number of H-pyrrole nitrogens is 1. The third-order valence-corrected chi connectivity index (χ3v) is 11.5. The van der Waals surface area contributed by atoms with Crippen LogP contribution in [0.25, 0.3) is 33.4 Å². The van der Waals surface area contributed by atoms with Crippen molar-refractivity contribution in [3.05, 3.63) is 245 Å². The number of hydrogen-bond acceptors (Lipinski definition) is 2. The molecule has 3 nitrogen and oxygen atoms in total. The molecule has 2 aliphatic carbocycles. The lowest BCUT2D eigenvalue weighted by Crippen LogP contribution is -2.21. The van der Waals surface area contributed by atoms with E-state index in [-0.39, 0.29) is 0 Å². The molecule has 0 atom stereocenters. The van der Waals surface area contributed by atoms with Crippen LogP contribution in [0, 0.1) is 0 Å². The van der Waals surface area contributed by atoms with Gasteiger partial charge in [0, 0.05) is 53.1 Å². The van der Waals surface area contributed by atoms with Gasteiger partial charge < -0.3 is 4.98 Å². The lowest BCUT2D eigenvalue weighted by molar-refractivity contribution is 1.25. The van der Waals surface area contributed by atoms with Crippen molar-refractivity contribution in [2.45, 2.75) is 0 Å². The van der Waals surface area contributed by atoms with Gasteiger partial charge in [-0.3, -0.25) is 0 Å². The van der Waals surface area contributed by atoms with Gasteiger partial charge in [-0.25, -0.2) is 9.98 Å². The Balaban J connectivity index is 1.38. The molecule has 7 heteroatoms. The highest BCUT2D eigenvalue weighted by atomic mass is 35.5. The molecule has 10 rings (SSSR count). The normalized spacial score (nSPS) is 14.9. The second kappa shape index (κ2) is 14.5. The summed E-state index contributed by atoms with van der Waals surface area (Å²) in [4.78, 5) is 14.7. The van der Waals surface area contributed by atoms with Gasteiger partial charge in [0.1, 0.15) is 0 Å². The molecule has 0 saturated heterocycles. The fraction of sp³-hybridized carbons (Fsp3) is 0. The fourth-order valence-electron chi connectivity index (χ4n) is 7.93. The second-order valence-corrected chi connectivity index (χ2v) is 15.7. The van der Waals surface area contributed by atoms with E-state index in [2.05, 4.69) is 102 Å². The van der Waals surface area contributed by atoms with Gasteiger partial charge in [0.2, 0.25) is 0 Å². The molecule has 5 aliphatic rings. The van der Waals surface area contributed by atoms with E-state index >= 15 is 0 Å². The van der Waals surface area contributed by atoms with E-state index < -0.39 is 0 Å². The third kappa shape index (κ3) is 6.53. The summed E-state index contributed by atoms with van der Waals surface area (Å²) in [5.41, 5.74) is 15.3. The first-order valence-corrected chi connectivity index (χ1v) is 19.9. The zero-order valence-corrected chi connectivity index (χ0v) is 33.1. The number of benzene rings is 4. The topological polar surface area (TPSA) is 40.5 Å². The summed E-state index contributed by atoms with van der Waals surface area (Å²) in [5.74, 6) is 0. The molecule has 57 heavy (non-hydrogen) atoms. The first-order chi connectivity index (χ1) is 27.9. The molecular formula is C50H29Cl4N3. The van der Waals surface area contributed by atoms with E-state index in [0.717, 1.165) is 100 Å². The van der Waals surface area contributed by atoms with E-state index in [1.54, 1.807) is 0 Å². The second-order valence-electron chi connectivity index (χ2n) is 14.0. The molecule has 1 N–H and O–H groups in total. The molecule has 0 unspecified atom stereocenters. The summed E-state index contributed by atoms with van der Waals surface area (Å²) >= 11 is 25.8. The van der Waals surface area contributed by atoms with Crippen LogP contribution in [0.4, 0.5) is 0 Å². The molecule has 0 saturated carbocycles. The van der Waals surface area contributed by atoms with E-state index in [0.29, 0.717) is 20.1 Å². The lowest BCUT2D eigenvalue weighted by Gasteiger charge is -2.12. The predicted molar refractivity (Wildman–Crippen MR) is 239 cm³/mol. The van der Waals surface area contributed by atoms with Crippen molar-refractivity contribution < 1.29 is 0 Å². The number of halogens is 4. The van der Waals surface area contributed by atoms with Crippen LogP contribution in [0.3, 0.4) is 0 Å². The summed E-state index contributed by atoms with van der Waals surface area (Å²) in [6.45, 7) is 0. The van der Waals surface area contributed by atoms with Gasteiger partial charge in [-0.1, -0.05) is 125 Å². The van der Waals surface area contributed by atoms with Crippen molar-refractivity contribution in [2.75, 3.05) is 0 Å². The standard InChI is InChI=1S/C50H29Cl4N3/c51-33-14-6-29(7-15-33)47-39-28-40(38-5-3-1-2-4-37(38)39)48(30-8-16-34(52)17-9-30)42-23-25-44(56-42)50(32-12-20-36(54)21-13-32)46-27-26-45(57-46)49(43-24-22-41(47)55-43)31-10-18-35(53)19-11-31/h1-28,57H. The number of fused-ring (bicyclic) bond motifs is 9. The largest absolute Gasteiger partial charge is 0.354 e. The molecule has 4 aromatic carbocycles. The Morgan fingerprint density at radius 1 is 0.333 bits per heavy atom. The Labute approximate surface area is 349 Å². The molecule has 0 radical (unpaired) electrons. The first kappa shape index (κ1) is 35.5. The molecule has 272 valence electrons. The number of rotatable bonds is 4. The van der Waals surface area contributed by atoms with Gasteiger partial charge in [-0.15, -0.1) is 0 Å². The van der Waals surface area contributed by atoms with Gasteiger partial charge in [0.25, 0.3) is 0 Å². The van der Waals surface area contributed by atoms with Gasteiger partial charge in [0.05, 0.1) is 22.8 Å². The van der Waals surface area contributed by atoms with Crippen molar-refractivity contribution >= 4 is 80.1 Å². The van der Waals surface area contributed by atoms with Crippen molar-refractivity contribution in [1.29, 1.82) is 0 Å². The van der Waals surface area contributed by atoms with E-state index in [9.17, 15) is 0 Å². The molecule has 1 aromatic heterocycles. The average molecular weight is 814 g/mol. The van der Waals surface area contributed by atoms with Crippen LogP contribution >= 0.6 is 46.4 Å². The molecule has 0 fully saturated rings. The minimum atomic E-state index is 0.660. The monoisotopic (exact) mass is 811 g/mol. The SMILES string of the molecule is Clc1ccc(C2=C3C=CC(=N3)C(c3ccc(Cl)cc3)=c3ccc([nH]3)=C(c3ccc(Cl)cc3)C3=NC(=C(c4ccc(Cl)cc4)c4cc2c2cccccc4-2)C=C3)cc1. The Morgan fingerprint density at radius 3 is 1.05 bits per heavy atom. The van der Waals surface area contributed by atoms with Gasteiger partial charge >= 0.3 is 0 Å². The molecular weight excluding hydrogens is 784 g/mol. The zero-order chi connectivity index (χ0) is 38.6. The Morgan fingerprint density at radius 2 is 0.684 bits per heavy atom. The van der Waals surface area contributed by atoms with Crippen LogP contribution in [0.2, 0.25) is 20.1 Å². The third-order valence-electron chi connectivity index (χ3n) is 10.5. The van der Waals surface area contributed by atoms with Crippen LogP contribution in [0.1, 0.15) is 33.4 Å². The van der Waals surface area contributed by atoms with Gasteiger partial charge in [-0.2, -0.15) is 0 Å². The molecule has 0 amide bonds. The van der Waals surface area contributed by atoms with Crippen molar-refractivity contribution in [3.63, 3.8) is 0 Å². The van der Waals surface area contributed by atoms with Crippen LogP contribution in [-0.2, 0) is 0 Å². The number of hydrogen-bond donors (Lipinski definition) is 1. The van der Waals surface area contributed by atoms with Gasteiger partial charge in [-0.05, 0) is 136 Å². The van der Waals surface area contributed by atoms with Crippen LogP contribution in [0.5, 0.6) is 0 Å². The molecule has 3 aliphatic heterocycles. The minimum absolute atomic E-state index is 0.660. The maximum absolute atomic E-state index is 6.49. The highest BCUT2D eigenvalue weighted by Gasteiger charge is 2.28. The molecule has 8 bridgehead atoms. The van der Waals surface area contributed by atoms with E-state index in [1.165, 1.54) is 0 Å². The molecule has 4 heterocycles. The fourth-order valence-corrected chi connectivity index (χ4v) is 8.43. The Bertz CT molecular complexity index is 2850. The van der Waals surface area contributed by atoms with Crippen LogP contribution in [-0.4, -0.2) is 16.4 Å². The number of aromatic nitrogens is 1. The van der Waals surface area contributed by atoms with Crippen molar-refractivity contribution in [1.82, 2.24) is 4.98 Å². The van der Waals surface area contributed by atoms with Gasteiger partial charge in [0.15, 0.2) is 0 Å². The van der Waals surface area contributed by atoms with E-state index in [1.807, 2.05) is 72.8 Å². The lowest BCUT2D eigenvalue weighted by atomic mass is 9.93. The molecule has 5 aromatic rings. The number of nitrogens with one attached hydrogen (secondary N) is 1. The first-order valence-electron chi connectivity index (χ1n) is 18.4. The van der Waals surface area contributed by atoms with Crippen molar-refractivity contribution in [2.24, 2.45) is 9.98 Å². The number of aromatic amines is 1. The highest BCUT2D eigenvalue weighted by molar-refractivity contribution is 6.34. The summed E-state index contributed by atoms with van der Waals surface area (Å²) in [6.07, 6.45) is 8.41. The maximum atomic E-state index is 6.49. The summed E-state index contributed by atoms with van der Waals surface area (Å²) in [6, 6.07) is 48.9. The van der Waals surface area contributed by atoms with Crippen LogP contribution < -0.4 is 10.7 Å². The Kier molecular flexibility index (Phi) is 9.04. The molecule has 0 spiro atoms. The zero-order valence-electron chi connectivity index (χ0n) is 30.1. The smallest absolute Gasteiger partial charge is 0.0737 e. The summed E-state index contributed by atoms with van der Waals surface area (Å²) in [5, 5.41) is 4.44. The van der Waals surface area contributed by atoms with Crippen molar-refractivity contribution in [3.8, 4) is 11.1 Å².